The molecule has 0 amide bonds. The van der Waals surface area contributed by atoms with Crippen LogP contribution < -0.4 is 0 Å². The van der Waals surface area contributed by atoms with E-state index < -0.39 is 8.32 Å². The smallest absolute Gasteiger partial charge is 0.172 e. The van der Waals surface area contributed by atoms with Crippen LogP contribution in [0.25, 0.3) is 0 Å². The minimum Gasteiger partial charge on any atom is -0.460 e. The minimum absolute atomic E-state index is 0.304. The van der Waals surface area contributed by atoms with Crippen LogP contribution >= 0.6 is 0 Å². The van der Waals surface area contributed by atoms with Gasteiger partial charge in [-0.25, -0.2) is 0 Å². The summed E-state index contributed by atoms with van der Waals surface area (Å²) in [4.78, 5) is 0. The Bertz CT molecular complexity index is 143. The summed E-state index contributed by atoms with van der Waals surface area (Å²) < 4.78 is 6.04. The van der Waals surface area contributed by atoms with Crippen LogP contribution in [0, 0.1) is 0 Å². The van der Waals surface area contributed by atoms with Crippen molar-refractivity contribution in [2.45, 2.75) is 50.9 Å². The Labute approximate surface area is 96.9 Å². The van der Waals surface area contributed by atoms with Crippen molar-refractivity contribution in [3.63, 3.8) is 0 Å². The van der Waals surface area contributed by atoms with E-state index in [2.05, 4.69) is 13.1 Å². The number of aliphatic hydroxyl groups is 2. The van der Waals surface area contributed by atoms with Gasteiger partial charge in [0.05, 0.1) is 0 Å². The van der Waals surface area contributed by atoms with E-state index in [4.69, 9.17) is 14.3 Å². The molecule has 3 nitrogen and oxygen atoms in total. The lowest BCUT2D eigenvalue weighted by atomic mass is 10.4. The molecule has 0 aliphatic rings. The maximum atomic E-state index is 8.70. The van der Waals surface area contributed by atoms with Crippen molar-refractivity contribution in [2.24, 2.45) is 0 Å². The Morgan fingerprint density at radius 3 is 2.20 bits per heavy atom. The van der Waals surface area contributed by atoms with Gasteiger partial charge in [0.15, 0.2) is 8.32 Å². The van der Waals surface area contributed by atoms with E-state index in [1.165, 1.54) is 12.1 Å². The summed E-state index contributed by atoms with van der Waals surface area (Å²) >= 11 is 0. The van der Waals surface area contributed by atoms with Gasteiger partial charge < -0.3 is 14.3 Å². The Morgan fingerprint density at radius 1 is 1.00 bits per heavy atom. The van der Waals surface area contributed by atoms with Crippen LogP contribution in [0.4, 0.5) is 0 Å². The van der Waals surface area contributed by atoms with Gasteiger partial charge in [-0.1, -0.05) is 12.8 Å². The van der Waals surface area contributed by atoms with Crippen molar-refractivity contribution < 1.29 is 14.3 Å². The average Bonchev–Trinajstić information content (AvgIpc) is 2.17. The van der Waals surface area contributed by atoms with E-state index in [9.17, 15) is 0 Å². The topological polar surface area (TPSA) is 49.7 Å². The fourth-order valence-electron chi connectivity index (χ4n) is 1.47. The second-order valence-corrected chi connectivity index (χ2v) is 10.9. The molecule has 0 aliphatic carbocycles. The van der Waals surface area contributed by atoms with Gasteiger partial charge in [-0.15, -0.1) is 0 Å². The first-order valence-corrected chi connectivity index (χ1v) is 10.7. The molecule has 0 rings (SSSR count). The lowest BCUT2D eigenvalue weighted by Gasteiger charge is -2.23. The van der Waals surface area contributed by atoms with Crippen molar-refractivity contribution in [3.05, 3.63) is 0 Å². The Kier molecular flexibility index (Phi) is 9.73. The van der Waals surface area contributed by atoms with E-state index in [0.717, 1.165) is 25.7 Å². The van der Waals surface area contributed by atoms with E-state index in [1.807, 2.05) is 0 Å². The molecular weight excluding hydrogens is 224 g/mol. The molecule has 0 saturated heterocycles. The molecule has 0 heterocycles. The summed E-state index contributed by atoms with van der Waals surface area (Å²) in [7, 11) is -1.77. The zero-order chi connectivity index (χ0) is 11.6. The third-order valence-corrected chi connectivity index (χ3v) is 8.77. The maximum Gasteiger partial charge on any atom is 0.172 e. The van der Waals surface area contributed by atoms with Crippen LogP contribution in [-0.2, 0) is 4.12 Å². The summed E-state index contributed by atoms with van der Waals surface area (Å²) in [5.74, 6) is 0. The number of hydrogen-bond donors (Lipinski definition) is 2. The predicted octanol–water partition coefficient (Wildman–Crippen LogP) is 1.26. The number of rotatable bonds is 10. The summed E-state index contributed by atoms with van der Waals surface area (Å²) in [6.45, 7) is 5.15. The first kappa shape index (κ1) is 15.3. The van der Waals surface area contributed by atoms with Crippen molar-refractivity contribution in [3.8, 4) is 0 Å². The molecule has 0 unspecified atom stereocenters. The summed E-state index contributed by atoms with van der Waals surface area (Å²) in [5.41, 5.74) is 0. The third-order valence-electron chi connectivity index (χ3n) is 2.48. The summed E-state index contributed by atoms with van der Waals surface area (Å²) in [6, 6.07) is 2.36. The largest absolute Gasteiger partial charge is 0.460 e. The number of hydrogen-bond acceptors (Lipinski definition) is 3. The minimum atomic E-state index is -1.41. The lowest BCUT2D eigenvalue weighted by Crippen LogP contribution is -2.31. The Hall–Kier alpha value is 0.314. The summed E-state index contributed by atoms with van der Waals surface area (Å²) in [5, 5.41) is 17.3. The van der Waals surface area contributed by atoms with Crippen molar-refractivity contribution in [1.29, 1.82) is 0 Å². The normalized spacial score (nSPS) is 12.8. The van der Waals surface area contributed by atoms with Crippen LogP contribution in [-0.4, -0.2) is 41.5 Å². The van der Waals surface area contributed by atoms with Gasteiger partial charge in [-0.05, 0) is 38.0 Å². The van der Waals surface area contributed by atoms with Gasteiger partial charge in [0.25, 0.3) is 0 Å². The zero-order valence-corrected chi connectivity index (χ0v) is 12.6. The van der Waals surface area contributed by atoms with Crippen LogP contribution in [0.5, 0.6) is 0 Å². The lowest BCUT2D eigenvalue weighted by molar-refractivity contribution is 0.286. The molecule has 0 spiro atoms. The van der Waals surface area contributed by atoms with Gasteiger partial charge in [-0.2, -0.15) is 0 Å². The quantitative estimate of drug-likeness (QED) is 0.453. The standard InChI is InChI=1S/C10H26O3Si2/c1-15(2,10-6-4-8-12)13-14-9-5-3-7-11/h11-12H,3-10,14H2,1-2H3. The van der Waals surface area contributed by atoms with E-state index in [0.29, 0.717) is 13.2 Å². The molecule has 0 atom stereocenters. The van der Waals surface area contributed by atoms with Gasteiger partial charge >= 0.3 is 0 Å². The SMILES string of the molecule is C[Si](C)(CCCCO)O[SiH2]CCCCO. The molecule has 0 aromatic rings. The monoisotopic (exact) mass is 250 g/mol. The van der Waals surface area contributed by atoms with Crippen molar-refractivity contribution >= 4 is 18.1 Å². The highest BCUT2D eigenvalue weighted by molar-refractivity contribution is 6.75. The van der Waals surface area contributed by atoms with E-state index >= 15 is 0 Å². The molecule has 2 N–H and O–H groups in total. The van der Waals surface area contributed by atoms with E-state index in [-0.39, 0.29) is 9.76 Å². The Balaban J connectivity index is 3.38. The highest BCUT2D eigenvalue weighted by Crippen LogP contribution is 2.15. The predicted molar refractivity (Wildman–Crippen MR) is 69.4 cm³/mol. The van der Waals surface area contributed by atoms with Gasteiger partial charge in [0, 0.05) is 13.2 Å². The Morgan fingerprint density at radius 2 is 1.60 bits per heavy atom. The second kappa shape index (κ2) is 9.53. The second-order valence-electron chi connectivity index (χ2n) is 4.57. The van der Waals surface area contributed by atoms with Gasteiger partial charge in [0.2, 0.25) is 0 Å². The average molecular weight is 250 g/mol. The first-order valence-electron chi connectivity index (χ1n) is 5.98. The molecule has 0 aliphatic heterocycles. The molecular formula is C10H26O3Si2. The highest BCUT2D eigenvalue weighted by atomic mass is 28.4. The molecule has 0 aromatic heterocycles. The van der Waals surface area contributed by atoms with Gasteiger partial charge in [-0.3, -0.25) is 0 Å². The number of unbranched alkanes of at least 4 members (excludes halogenated alkanes) is 2. The molecule has 0 saturated carbocycles. The summed E-state index contributed by atoms with van der Waals surface area (Å²) in [6.07, 6.45) is 4.04. The fraction of sp³-hybridized carbons (Fsp3) is 1.00. The molecule has 5 heteroatoms. The van der Waals surface area contributed by atoms with Crippen molar-refractivity contribution in [1.82, 2.24) is 0 Å². The molecule has 0 radical (unpaired) electrons. The molecule has 0 aromatic carbocycles. The third kappa shape index (κ3) is 10.6. The fourth-order valence-corrected chi connectivity index (χ4v) is 6.50. The van der Waals surface area contributed by atoms with E-state index in [1.54, 1.807) is 0 Å². The molecule has 92 valence electrons. The highest BCUT2D eigenvalue weighted by Gasteiger charge is 2.20. The zero-order valence-electron chi connectivity index (χ0n) is 10.2. The first-order chi connectivity index (χ1) is 7.12. The van der Waals surface area contributed by atoms with Crippen LogP contribution in [0.1, 0.15) is 25.7 Å². The van der Waals surface area contributed by atoms with Crippen LogP contribution in [0.3, 0.4) is 0 Å². The molecule has 0 bridgehead atoms. The molecule has 15 heavy (non-hydrogen) atoms. The van der Waals surface area contributed by atoms with Crippen LogP contribution in [0.2, 0.25) is 25.2 Å². The van der Waals surface area contributed by atoms with Crippen molar-refractivity contribution in [2.75, 3.05) is 13.2 Å². The van der Waals surface area contributed by atoms with Crippen LogP contribution in [0.15, 0.2) is 0 Å². The maximum absolute atomic E-state index is 8.70. The number of aliphatic hydroxyl groups excluding tert-OH is 2. The van der Waals surface area contributed by atoms with Gasteiger partial charge in [0.1, 0.15) is 9.76 Å². The molecule has 0 fully saturated rings.